The van der Waals surface area contributed by atoms with Crippen molar-refractivity contribution in [2.75, 3.05) is 31.5 Å². The highest BCUT2D eigenvalue weighted by atomic mass is 19.1. The van der Waals surface area contributed by atoms with Crippen molar-refractivity contribution in [3.63, 3.8) is 0 Å². The molecule has 0 aliphatic heterocycles. The molecule has 0 saturated heterocycles. The number of halogens is 1. The van der Waals surface area contributed by atoms with Crippen molar-refractivity contribution >= 4 is 17.4 Å². The highest BCUT2D eigenvalue weighted by molar-refractivity contribution is 5.99. The fraction of sp³-hybridized carbons (Fsp3) is 0.294. The van der Waals surface area contributed by atoms with E-state index in [1.54, 1.807) is 26.2 Å². The van der Waals surface area contributed by atoms with E-state index >= 15 is 0 Å². The van der Waals surface area contributed by atoms with E-state index in [0.29, 0.717) is 23.9 Å². The number of ether oxygens (including phenoxy) is 3. The molecule has 0 radical (unpaired) electrons. The second-order valence-corrected chi connectivity index (χ2v) is 5.23. The number of urea groups is 1. The predicted octanol–water partition coefficient (Wildman–Crippen LogP) is 3.29. The van der Waals surface area contributed by atoms with Gasteiger partial charge in [0, 0.05) is 31.0 Å². The van der Waals surface area contributed by atoms with Gasteiger partial charge in [-0.1, -0.05) is 0 Å². The number of nitrogens with one attached hydrogen (secondary N) is 2. The van der Waals surface area contributed by atoms with Gasteiger partial charge in [0.2, 0.25) is 5.88 Å². The molecule has 25 heavy (non-hydrogen) atoms. The Balaban J connectivity index is 2.00. The smallest absolute Gasteiger partial charge is 0.323 e. The minimum Gasteiger partial charge on any atom is -0.488 e. The van der Waals surface area contributed by atoms with Gasteiger partial charge in [-0.3, -0.25) is 0 Å². The van der Waals surface area contributed by atoms with E-state index in [0.717, 1.165) is 0 Å². The van der Waals surface area contributed by atoms with Crippen molar-refractivity contribution in [1.82, 2.24) is 4.98 Å². The largest absolute Gasteiger partial charge is 0.488 e. The summed E-state index contributed by atoms with van der Waals surface area (Å²) in [5, 5.41) is 5.14. The van der Waals surface area contributed by atoms with E-state index in [2.05, 4.69) is 15.6 Å². The van der Waals surface area contributed by atoms with Gasteiger partial charge < -0.3 is 24.8 Å². The summed E-state index contributed by atoms with van der Waals surface area (Å²) in [5.74, 6) is 0.206. The molecule has 1 aromatic carbocycles. The van der Waals surface area contributed by atoms with Crippen molar-refractivity contribution in [2.45, 2.75) is 13.0 Å². The molecule has 134 valence electrons. The fourth-order valence-electron chi connectivity index (χ4n) is 2.07. The van der Waals surface area contributed by atoms with Gasteiger partial charge in [0.25, 0.3) is 0 Å². The van der Waals surface area contributed by atoms with Crippen LogP contribution in [0, 0.1) is 5.82 Å². The van der Waals surface area contributed by atoms with Gasteiger partial charge in [-0.2, -0.15) is 0 Å². The van der Waals surface area contributed by atoms with Crippen LogP contribution >= 0.6 is 0 Å². The van der Waals surface area contributed by atoms with Crippen LogP contribution in [0.15, 0.2) is 36.5 Å². The second kappa shape index (κ2) is 8.84. The molecule has 0 aliphatic rings. The first-order chi connectivity index (χ1) is 12.0. The Bertz CT molecular complexity index is 710. The Morgan fingerprint density at radius 3 is 2.60 bits per heavy atom. The molecule has 0 saturated carbocycles. The minimum atomic E-state index is -0.534. The lowest BCUT2D eigenvalue weighted by atomic mass is 10.3. The summed E-state index contributed by atoms with van der Waals surface area (Å²) in [5.41, 5.74) is 0.735. The van der Waals surface area contributed by atoms with Crippen LogP contribution in [0.4, 0.5) is 20.6 Å². The van der Waals surface area contributed by atoms with E-state index in [9.17, 15) is 9.18 Å². The number of carbonyl (C=O) groups excluding carboxylic acids is 1. The van der Waals surface area contributed by atoms with Gasteiger partial charge in [-0.15, -0.1) is 0 Å². The standard InChI is InChI=1S/C17H20FN3O4/c1-11(10-23-2)25-15-7-12(18)6-14(8-15)21-17(22)20-13-4-5-16(24-3)19-9-13/h4-9,11H,10H2,1-3H3,(H2,20,21,22). The first kappa shape index (κ1) is 18.5. The number of hydrogen-bond acceptors (Lipinski definition) is 5. The van der Waals surface area contributed by atoms with Crippen LogP contribution in [0.1, 0.15) is 6.92 Å². The molecule has 2 N–H and O–H groups in total. The Kier molecular flexibility index (Phi) is 6.53. The van der Waals surface area contributed by atoms with Crippen LogP contribution in [-0.4, -0.2) is 37.9 Å². The number of methoxy groups -OCH3 is 2. The number of aromatic nitrogens is 1. The van der Waals surface area contributed by atoms with Crippen LogP contribution in [0.3, 0.4) is 0 Å². The summed E-state index contributed by atoms with van der Waals surface area (Å²) in [6, 6.07) is 6.68. The second-order valence-electron chi connectivity index (χ2n) is 5.23. The Morgan fingerprint density at radius 1 is 1.20 bits per heavy atom. The van der Waals surface area contributed by atoms with Crippen molar-refractivity contribution < 1.29 is 23.4 Å². The van der Waals surface area contributed by atoms with E-state index in [-0.39, 0.29) is 11.8 Å². The molecule has 2 amide bonds. The predicted molar refractivity (Wildman–Crippen MR) is 91.8 cm³/mol. The first-order valence-corrected chi connectivity index (χ1v) is 7.54. The van der Waals surface area contributed by atoms with Gasteiger partial charge >= 0.3 is 6.03 Å². The molecule has 2 rings (SSSR count). The summed E-state index contributed by atoms with van der Waals surface area (Å²) in [6.45, 7) is 2.16. The monoisotopic (exact) mass is 349 g/mol. The number of pyridine rings is 1. The molecule has 1 heterocycles. The summed E-state index contributed by atoms with van der Waals surface area (Å²) in [6.07, 6.45) is 1.20. The zero-order valence-electron chi connectivity index (χ0n) is 14.2. The van der Waals surface area contributed by atoms with Crippen LogP contribution < -0.4 is 20.1 Å². The molecule has 2 aromatic rings. The van der Waals surface area contributed by atoms with Crippen molar-refractivity contribution in [3.8, 4) is 11.6 Å². The molecule has 7 nitrogen and oxygen atoms in total. The zero-order valence-corrected chi connectivity index (χ0v) is 14.2. The average molecular weight is 349 g/mol. The molecular weight excluding hydrogens is 329 g/mol. The molecule has 8 heteroatoms. The maximum Gasteiger partial charge on any atom is 0.323 e. The third-order valence-corrected chi connectivity index (χ3v) is 3.07. The summed E-state index contributed by atoms with van der Waals surface area (Å²) in [7, 11) is 3.05. The fourth-order valence-corrected chi connectivity index (χ4v) is 2.07. The third kappa shape index (κ3) is 5.92. The molecule has 1 unspecified atom stereocenters. The topological polar surface area (TPSA) is 81.7 Å². The highest BCUT2D eigenvalue weighted by Crippen LogP contribution is 2.22. The van der Waals surface area contributed by atoms with Gasteiger partial charge in [0.05, 0.1) is 25.6 Å². The molecule has 0 bridgehead atoms. The number of anilines is 2. The maximum atomic E-state index is 13.7. The lowest BCUT2D eigenvalue weighted by Crippen LogP contribution is -2.20. The normalized spacial score (nSPS) is 11.5. The molecule has 0 spiro atoms. The zero-order chi connectivity index (χ0) is 18.2. The minimum absolute atomic E-state index is 0.251. The third-order valence-electron chi connectivity index (χ3n) is 3.07. The van der Waals surface area contributed by atoms with Crippen molar-refractivity contribution in [3.05, 3.63) is 42.3 Å². The van der Waals surface area contributed by atoms with Crippen LogP contribution in [-0.2, 0) is 4.74 Å². The highest BCUT2D eigenvalue weighted by Gasteiger charge is 2.09. The van der Waals surface area contributed by atoms with Crippen molar-refractivity contribution in [1.29, 1.82) is 0 Å². The number of rotatable bonds is 7. The van der Waals surface area contributed by atoms with Gasteiger partial charge in [-0.05, 0) is 19.1 Å². The van der Waals surface area contributed by atoms with E-state index in [1.165, 1.54) is 31.5 Å². The van der Waals surface area contributed by atoms with Crippen molar-refractivity contribution in [2.24, 2.45) is 0 Å². The average Bonchev–Trinajstić information content (AvgIpc) is 2.55. The van der Waals surface area contributed by atoms with E-state index in [1.807, 2.05) is 0 Å². The molecule has 1 atom stereocenters. The van der Waals surface area contributed by atoms with Crippen LogP contribution in [0.5, 0.6) is 11.6 Å². The first-order valence-electron chi connectivity index (χ1n) is 7.54. The van der Waals surface area contributed by atoms with Crippen LogP contribution in [0.2, 0.25) is 0 Å². The summed E-state index contributed by atoms with van der Waals surface area (Å²) in [4.78, 5) is 16.0. The van der Waals surface area contributed by atoms with Gasteiger partial charge in [0.1, 0.15) is 17.7 Å². The SMILES string of the molecule is COCC(C)Oc1cc(F)cc(NC(=O)Nc2ccc(OC)nc2)c1. The Hall–Kier alpha value is -2.87. The van der Waals surface area contributed by atoms with Crippen LogP contribution in [0.25, 0.3) is 0 Å². The number of amides is 2. The van der Waals surface area contributed by atoms with Gasteiger partial charge in [0.15, 0.2) is 0 Å². The Morgan fingerprint density at radius 2 is 1.96 bits per heavy atom. The van der Waals surface area contributed by atoms with E-state index < -0.39 is 11.8 Å². The number of hydrogen-bond donors (Lipinski definition) is 2. The van der Waals surface area contributed by atoms with Gasteiger partial charge in [-0.25, -0.2) is 14.2 Å². The number of benzene rings is 1. The summed E-state index contributed by atoms with van der Waals surface area (Å²) < 4.78 is 29.2. The quantitative estimate of drug-likeness (QED) is 0.802. The molecular formula is C17H20FN3O4. The summed E-state index contributed by atoms with van der Waals surface area (Å²) >= 11 is 0. The van der Waals surface area contributed by atoms with E-state index in [4.69, 9.17) is 14.2 Å². The Labute approximate surface area is 145 Å². The molecule has 0 aliphatic carbocycles. The number of nitrogens with zero attached hydrogens (tertiary/aromatic N) is 1. The maximum absolute atomic E-state index is 13.7. The lowest BCUT2D eigenvalue weighted by molar-refractivity contribution is 0.0919. The molecule has 1 aromatic heterocycles. The number of carbonyl (C=O) groups is 1. The lowest BCUT2D eigenvalue weighted by Gasteiger charge is -2.15. The molecule has 0 fully saturated rings.